The van der Waals surface area contributed by atoms with E-state index in [1.165, 1.54) is 0 Å². The lowest BCUT2D eigenvalue weighted by molar-refractivity contribution is 1.01. The van der Waals surface area contributed by atoms with Crippen molar-refractivity contribution in [1.82, 2.24) is 29.5 Å². The van der Waals surface area contributed by atoms with Gasteiger partial charge in [0.2, 0.25) is 5.95 Å². The van der Waals surface area contributed by atoms with Crippen molar-refractivity contribution in [2.75, 3.05) is 0 Å². The molecule has 6 nitrogen and oxygen atoms in total. The Morgan fingerprint density at radius 1 is 0.486 bits per heavy atom. The number of benzene rings is 4. The van der Waals surface area contributed by atoms with Crippen molar-refractivity contribution in [3.63, 3.8) is 0 Å². The van der Waals surface area contributed by atoms with E-state index in [1.54, 1.807) is 0 Å². The number of hydrogen-bond acceptors (Lipinski definition) is 5. The molecule has 0 bridgehead atoms. The maximum absolute atomic E-state index is 5.16. The summed E-state index contributed by atoms with van der Waals surface area (Å²) in [6.07, 6.45) is 7.53. The van der Waals surface area contributed by atoms with Crippen molar-refractivity contribution in [1.29, 1.82) is 0 Å². The first-order valence-electron chi connectivity index (χ1n) is 12.1. The molecule has 37 heavy (non-hydrogen) atoms. The molecule has 0 saturated carbocycles. The Morgan fingerprint density at radius 2 is 1.14 bits per heavy atom. The summed E-state index contributed by atoms with van der Waals surface area (Å²) < 4.78 is 2.08. The van der Waals surface area contributed by atoms with Gasteiger partial charge < -0.3 is 0 Å². The fourth-order valence-electron chi connectivity index (χ4n) is 5.33. The summed E-state index contributed by atoms with van der Waals surface area (Å²) in [5.41, 5.74) is 4.58. The lowest BCUT2D eigenvalue weighted by atomic mass is 10.0. The summed E-state index contributed by atoms with van der Waals surface area (Å²) in [7, 11) is 0. The molecule has 172 valence electrons. The minimum absolute atomic E-state index is 0.586. The summed E-state index contributed by atoms with van der Waals surface area (Å²) in [6, 6.07) is 28.7. The fourth-order valence-corrected chi connectivity index (χ4v) is 5.33. The van der Waals surface area contributed by atoms with Crippen molar-refractivity contribution in [3.05, 3.63) is 110 Å². The van der Waals surface area contributed by atoms with Crippen molar-refractivity contribution < 1.29 is 0 Å². The lowest BCUT2D eigenvalue weighted by Gasteiger charge is -2.12. The van der Waals surface area contributed by atoms with E-state index in [9.17, 15) is 0 Å². The molecule has 8 aromatic rings. The first-order valence-corrected chi connectivity index (χ1v) is 12.1. The zero-order chi connectivity index (χ0) is 24.3. The fraction of sp³-hybridized carbons (Fsp3) is 0. The summed E-state index contributed by atoms with van der Waals surface area (Å²) in [6.45, 7) is 0. The zero-order valence-electron chi connectivity index (χ0n) is 19.6. The Bertz CT molecular complexity index is 2090. The molecule has 0 N–H and O–H groups in total. The highest BCUT2D eigenvalue weighted by Gasteiger charge is 2.17. The summed E-state index contributed by atoms with van der Waals surface area (Å²) >= 11 is 0. The van der Waals surface area contributed by atoms with Crippen LogP contribution in [0.4, 0.5) is 0 Å². The third-order valence-electron chi connectivity index (χ3n) is 7.00. The summed E-state index contributed by atoms with van der Waals surface area (Å²) in [4.78, 5) is 24.2. The molecule has 0 spiro atoms. The molecule has 0 amide bonds. The standard InChI is InChI=1S/C31H18N6/c1-2-8-19(9-3-1)30-33-16-24-20-10-4-5-11-21(20)25-17-34-31(36-29(25)28(24)35-30)37-26-13-7-6-12-22(26)23-14-15-32-18-27(23)37/h1-18H. The van der Waals surface area contributed by atoms with Crippen LogP contribution in [-0.4, -0.2) is 29.5 Å². The molecule has 0 aliphatic carbocycles. The molecule has 0 atom stereocenters. The van der Waals surface area contributed by atoms with Gasteiger partial charge in [-0.25, -0.2) is 19.9 Å². The second kappa shape index (κ2) is 7.63. The Morgan fingerprint density at radius 3 is 1.95 bits per heavy atom. The molecule has 6 heteroatoms. The number of para-hydroxylation sites is 1. The van der Waals surface area contributed by atoms with Crippen molar-refractivity contribution in [2.24, 2.45) is 0 Å². The molecular formula is C31H18N6. The molecule has 4 aromatic carbocycles. The van der Waals surface area contributed by atoms with Gasteiger partial charge in [0.1, 0.15) is 11.0 Å². The van der Waals surface area contributed by atoms with Gasteiger partial charge in [0.25, 0.3) is 0 Å². The van der Waals surface area contributed by atoms with Crippen LogP contribution in [0, 0.1) is 0 Å². The van der Waals surface area contributed by atoms with Gasteiger partial charge in [-0.15, -0.1) is 0 Å². The number of pyridine rings is 1. The van der Waals surface area contributed by atoms with E-state index in [2.05, 4.69) is 39.9 Å². The second-order valence-electron chi connectivity index (χ2n) is 9.05. The van der Waals surface area contributed by atoms with Crippen LogP contribution in [0.2, 0.25) is 0 Å². The molecule has 0 radical (unpaired) electrons. The van der Waals surface area contributed by atoms with E-state index in [0.717, 1.165) is 59.9 Å². The van der Waals surface area contributed by atoms with Gasteiger partial charge in [0.15, 0.2) is 5.82 Å². The number of aromatic nitrogens is 6. The first-order chi connectivity index (χ1) is 18.4. The molecule has 4 aromatic heterocycles. The van der Waals surface area contributed by atoms with E-state index >= 15 is 0 Å². The van der Waals surface area contributed by atoms with E-state index in [4.69, 9.17) is 19.9 Å². The minimum atomic E-state index is 0.586. The molecular weight excluding hydrogens is 456 g/mol. The number of rotatable bonds is 2. The quantitative estimate of drug-likeness (QED) is 0.255. The van der Waals surface area contributed by atoms with Crippen LogP contribution in [0.3, 0.4) is 0 Å². The van der Waals surface area contributed by atoms with Gasteiger partial charge in [-0.1, -0.05) is 72.8 Å². The van der Waals surface area contributed by atoms with Crippen molar-refractivity contribution in [3.8, 4) is 17.3 Å². The average Bonchev–Trinajstić information content (AvgIpc) is 3.32. The van der Waals surface area contributed by atoms with Crippen LogP contribution in [-0.2, 0) is 0 Å². The smallest absolute Gasteiger partial charge is 0.235 e. The molecule has 8 rings (SSSR count). The second-order valence-corrected chi connectivity index (χ2v) is 9.05. The highest BCUT2D eigenvalue weighted by atomic mass is 15.2. The van der Waals surface area contributed by atoms with E-state index < -0.39 is 0 Å². The Hall–Kier alpha value is -5.23. The number of fused-ring (bicyclic) bond motifs is 9. The Balaban J connectivity index is 1.51. The molecule has 0 fully saturated rings. The molecule has 0 aliphatic rings. The molecule has 4 heterocycles. The van der Waals surface area contributed by atoms with E-state index in [1.807, 2.05) is 79.4 Å². The van der Waals surface area contributed by atoms with Crippen LogP contribution in [0.5, 0.6) is 0 Å². The maximum Gasteiger partial charge on any atom is 0.235 e. The third kappa shape index (κ3) is 2.90. The summed E-state index contributed by atoms with van der Waals surface area (Å²) in [5, 5.41) is 6.35. The lowest BCUT2D eigenvalue weighted by Crippen LogP contribution is -2.02. The highest BCUT2D eigenvalue weighted by Crippen LogP contribution is 2.35. The molecule has 0 aliphatic heterocycles. The maximum atomic E-state index is 5.16. The van der Waals surface area contributed by atoms with Crippen molar-refractivity contribution in [2.45, 2.75) is 0 Å². The molecule has 0 unspecified atom stereocenters. The normalized spacial score (nSPS) is 11.8. The number of nitrogens with zero attached hydrogens (tertiary/aromatic N) is 6. The van der Waals surface area contributed by atoms with Crippen LogP contribution in [0.15, 0.2) is 110 Å². The van der Waals surface area contributed by atoms with Crippen molar-refractivity contribution >= 4 is 54.4 Å². The highest BCUT2D eigenvalue weighted by molar-refractivity contribution is 6.23. The average molecular weight is 475 g/mol. The van der Waals surface area contributed by atoms with E-state index in [0.29, 0.717) is 11.8 Å². The Labute approximate surface area is 210 Å². The SMILES string of the molecule is c1ccc(-c2ncc3c4ccccc4c4cnc(-n5c6ccccc6c6ccncc65)nc4c3n2)cc1. The monoisotopic (exact) mass is 474 g/mol. The number of hydrogen-bond donors (Lipinski definition) is 0. The van der Waals surface area contributed by atoms with Gasteiger partial charge >= 0.3 is 0 Å². The van der Waals surface area contributed by atoms with E-state index in [-0.39, 0.29) is 0 Å². The first kappa shape index (κ1) is 20.0. The van der Waals surface area contributed by atoms with Gasteiger partial charge in [-0.3, -0.25) is 9.55 Å². The zero-order valence-corrected chi connectivity index (χ0v) is 19.6. The minimum Gasteiger partial charge on any atom is -0.276 e. The molecule has 0 saturated heterocycles. The van der Waals surface area contributed by atoms with Crippen LogP contribution >= 0.6 is 0 Å². The predicted molar refractivity (Wildman–Crippen MR) is 148 cm³/mol. The van der Waals surface area contributed by atoms with Crippen LogP contribution in [0.1, 0.15) is 0 Å². The van der Waals surface area contributed by atoms with Gasteiger partial charge in [0, 0.05) is 45.7 Å². The van der Waals surface area contributed by atoms with Gasteiger partial charge in [-0.2, -0.15) is 0 Å². The predicted octanol–water partition coefficient (Wildman–Crippen LogP) is 6.89. The summed E-state index contributed by atoms with van der Waals surface area (Å²) in [5.74, 6) is 1.26. The van der Waals surface area contributed by atoms with Gasteiger partial charge in [-0.05, 0) is 22.9 Å². The van der Waals surface area contributed by atoms with Crippen LogP contribution < -0.4 is 0 Å². The van der Waals surface area contributed by atoms with Crippen LogP contribution in [0.25, 0.3) is 71.7 Å². The Kier molecular flexibility index (Phi) is 4.13. The topological polar surface area (TPSA) is 69.4 Å². The third-order valence-corrected chi connectivity index (χ3v) is 7.00. The largest absolute Gasteiger partial charge is 0.276 e. The van der Waals surface area contributed by atoms with Gasteiger partial charge in [0.05, 0.1) is 17.2 Å².